The van der Waals surface area contributed by atoms with Crippen LogP contribution in [0.5, 0.6) is 0 Å². The number of rotatable bonds is 2. The van der Waals surface area contributed by atoms with Crippen LogP contribution in [0, 0.1) is 5.92 Å². The van der Waals surface area contributed by atoms with Crippen molar-refractivity contribution in [3.8, 4) is 11.4 Å². The maximum absolute atomic E-state index is 12.7. The first kappa shape index (κ1) is 14.1. The van der Waals surface area contributed by atoms with Crippen LogP contribution in [-0.4, -0.2) is 21.4 Å². The van der Waals surface area contributed by atoms with Gasteiger partial charge in [-0.2, -0.15) is 18.3 Å². The highest BCUT2D eigenvalue weighted by Gasteiger charge is 2.42. The summed E-state index contributed by atoms with van der Waals surface area (Å²) in [6, 6.07) is 9.54. The topological polar surface area (TPSA) is 41.6 Å². The zero-order chi connectivity index (χ0) is 14.9. The lowest BCUT2D eigenvalue weighted by molar-refractivity contribution is -0.182. The van der Waals surface area contributed by atoms with Gasteiger partial charge in [0.05, 0.1) is 5.92 Å². The van der Waals surface area contributed by atoms with Gasteiger partial charge >= 0.3 is 6.18 Å². The van der Waals surface area contributed by atoms with Crippen LogP contribution >= 0.6 is 0 Å². The van der Waals surface area contributed by atoms with E-state index in [1.54, 1.807) is 0 Å². The summed E-state index contributed by atoms with van der Waals surface area (Å²) in [4.78, 5) is 4.44. The molecule has 0 spiro atoms. The molecule has 0 unspecified atom stereocenters. The third-order valence-corrected chi connectivity index (χ3v) is 4.11. The fourth-order valence-electron chi connectivity index (χ4n) is 2.87. The number of halogens is 3. The van der Waals surface area contributed by atoms with Crippen molar-refractivity contribution in [3.63, 3.8) is 0 Å². The molecular formula is C15H16F3N3. The minimum atomic E-state index is -4.07. The summed E-state index contributed by atoms with van der Waals surface area (Å²) in [5.74, 6) is 0.192. The first-order valence-electron chi connectivity index (χ1n) is 7.08. The monoisotopic (exact) mass is 295 g/mol. The van der Waals surface area contributed by atoms with E-state index < -0.39 is 12.1 Å². The molecule has 1 saturated carbocycles. The van der Waals surface area contributed by atoms with Gasteiger partial charge < -0.3 is 0 Å². The van der Waals surface area contributed by atoms with Gasteiger partial charge in [-0.1, -0.05) is 30.3 Å². The molecule has 1 fully saturated rings. The van der Waals surface area contributed by atoms with Gasteiger partial charge in [-0.05, 0) is 25.7 Å². The third kappa shape index (κ3) is 3.09. The van der Waals surface area contributed by atoms with Crippen molar-refractivity contribution in [2.45, 2.75) is 37.8 Å². The second kappa shape index (κ2) is 5.50. The van der Waals surface area contributed by atoms with Crippen molar-refractivity contribution in [1.29, 1.82) is 0 Å². The maximum atomic E-state index is 12.7. The van der Waals surface area contributed by atoms with Crippen molar-refractivity contribution < 1.29 is 13.2 Å². The van der Waals surface area contributed by atoms with E-state index in [0.29, 0.717) is 24.5 Å². The van der Waals surface area contributed by atoms with Crippen LogP contribution in [0.2, 0.25) is 0 Å². The Kier molecular flexibility index (Phi) is 3.69. The first-order chi connectivity index (χ1) is 10.0. The Bertz CT molecular complexity index is 584. The molecule has 0 bridgehead atoms. The number of nitrogens with zero attached hydrogens (tertiary/aromatic N) is 2. The number of hydrogen-bond acceptors (Lipinski definition) is 2. The Labute approximate surface area is 120 Å². The van der Waals surface area contributed by atoms with Gasteiger partial charge in [0.15, 0.2) is 5.82 Å². The standard InChI is InChI=1S/C15H16F3N3/c16-15(17,18)12-8-6-11(7-9-12)14-19-13(20-21-14)10-4-2-1-3-5-10/h1-5,11-12H,6-9H2,(H,19,20,21). The first-order valence-corrected chi connectivity index (χ1v) is 7.08. The van der Waals surface area contributed by atoms with Gasteiger partial charge in [0.25, 0.3) is 0 Å². The van der Waals surface area contributed by atoms with Crippen LogP contribution in [0.15, 0.2) is 30.3 Å². The highest BCUT2D eigenvalue weighted by Crippen LogP contribution is 2.42. The lowest BCUT2D eigenvalue weighted by atomic mass is 9.81. The molecule has 1 aromatic heterocycles. The molecule has 2 aromatic rings. The molecule has 6 heteroatoms. The predicted molar refractivity (Wildman–Crippen MR) is 72.6 cm³/mol. The zero-order valence-electron chi connectivity index (χ0n) is 11.4. The summed E-state index contributed by atoms with van der Waals surface area (Å²) in [6.07, 6.45) is -2.70. The molecule has 1 N–H and O–H groups in total. The SMILES string of the molecule is FC(F)(F)C1CCC(c2nc(-c3ccccc3)n[nH]2)CC1. The average molecular weight is 295 g/mol. The highest BCUT2D eigenvalue weighted by atomic mass is 19.4. The molecule has 0 amide bonds. The number of nitrogens with one attached hydrogen (secondary N) is 1. The Morgan fingerprint density at radius 1 is 1.00 bits per heavy atom. The molecule has 0 atom stereocenters. The van der Waals surface area contributed by atoms with Crippen LogP contribution in [0.4, 0.5) is 13.2 Å². The molecule has 1 aromatic carbocycles. The predicted octanol–water partition coefficient (Wildman–Crippen LogP) is 4.31. The van der Waals surface area contributed by atoms with E-state index in [-0.39, 0.29) is 18.8 Å². The molecule has 0 aliphatic heterocycles. The van der Waals surface area contributed by atoms with Gasteiger partial charge in [-0.25, -0.2) is 4.98 Å². The Hall–Kier alpha value is -1.85. The summed E-state index contributed by atoms with van der Waals surface area (Å²) >= 11 is 0. The summed E-state index contributed by atoms with van der Waals surface area (Å²) < 4.78 is 38.0. The minimum absolute atomic E-state index is 0.0496. The summed E-state index contributed by atoms with van der Waals surface area (Å²) in [5.41, 5.74) is 0.906. The van der Waals surface area contributed by atoms with E-state index in [4.69, 9.17) is 0 Å². The molecule has 0 radical (unpaired) electrons. The van der Waals surface area contributed by atoms with Crippen LogP contribution < -0.4 is 0 Å². The summed E-state index contributed by atoms with van der Waals surface area (Å²) in [5, 5.41) is 7.06. The van der Waals surface area contributed by atoms with E-state index in [9.17, 15) is 13.2 Å². The summed E-state index contributed by atoms with van der Waals surface area (Å²) in [6.45, 7) is 0. The lowest BCUT2D eigenvalue weighted by Crippen LogP contribution is -2.27. The number of aromatic amines is 1. The Morgan fingerprint density at radius 3 is 2.29 bits per heavy atom. The molecule has 0 saturated heterocycles. The number of alkyl halides is 3. The smallest absolute Gasteiger partial charge is 0.262 e. The Balaban J connectivity index is 1.68. The number of H-pyrrole nitrogens is 1. The van der Waals surface area contributed by atoms with Crippen molar-refractivity contribution in [3.05, 3.63) is 36.2 Å². The van der Waals surface area contributed by atoms with E-state index >= 15 is 0 Å². The van der Waals surface area contributed by atoms with Gasteiger partial charge in [0, 0.05) is 11.5 Å². The highest BCUT2D eigenvalue weighted by molar-refractivity contribution is 5.53. The maximum Gasteiger partial charge on any atom is 0.391 e. The fourth-order valence-corrected chi connectivity index (χ4v) is 2.87. The van der Waals surface area contributed by atoms with E-state index in [1.165, 1.54) is 0 Å². The van der Waals surface area contributed by atoms with Gasteiger partial charge in [0.2, 0.25) is 0 Å². The molecule has 1 aliphatic carbocycles. The van der Waals surface area contributed by atoms with Crippen LogP contribution in [-0.2, 0) is 0 Å². The number of aromatic nitrogens is 3. The minimum Gasteiger partial charge on any atom is -0.262 e. The van der Waals surface area contributed by atoms with Crippen LogP contribution in [0.1, 0.15) is 37.4 Å². The van der Waals surface area contributed by atoms with Crippen molar-refractivity contribution in [2.24, 2.45) is 5.92 Å². The molecule has 21 heavy (non-hydrogen) atoms. The van der Waals surface area contributed by atoms with Crippen LogP contribution in [0.25, 0.3) is 11.4 Å². The second-order valence-corrected chi connectivity index (χ2v) is 5.50. The van der Waals surface area contributed by atoms with E-state index in [2.05, 4.69) is 15.2 Å². The fraction of sp³-hybridized carbons (Fsp3) is 0.467. The number of hydrogen-bond donors (Lipinski definition) is 1. The van der Waals surface area contributed by atoms with E-state index in [1.807, 2.05) is 30.3 Å². The number of benzene rings is 1. The normalized spacial score (nSPS) is 23.2. The zero-order valence-corrected chi connectivity index (χ0v) is 11.4. The molecule has 1 heterocycles. The quantitative estimate of drug-likeness (QED) is 0.897. The van der Waals surface area contributed by atoms with Crippen LogP contribution in [0.3, 0.4) is 0 Å². The molecule has 3 nitrogen and oxygen atoms in total. The largest absolute Gasteiger partial charge is 0.391 e. The third-order valence-electron chi connectivity index (χ3n) is 4.11. The molecule has 3 rings (SSSR count). The molecule has 112 valence electrons. The van der Waals surface area contributed by atoms with Gasteiger partial charge in [-0.3, -0.25) is 5.10 Å². The lowest BCUT2D eigenvalue weighted by Gasteiger charge is -2.28. The second-order valence-electron chi connectivity index (χ2n) is 5.50. The van der Waals surface area contributed by atoms with Crippen molar-refractivity contribution >= 4 is 0 Å². The van der Waals surface area contributed by atoms with Gasteiger partial charge in [-0.15, -0.1) is 0 Å². The van der Waals surface area contributed by atoms with E-state index in [0.717, 1.165) is 5.56 Å². The Morgan fingerprint density at radius 2 is 1.67 bits per heavy atom. The summed E-state index contributed by atoms with van der Waals surface area (Å²) in [7, 11) is 0. The molecule has 1 aliphatic rings. The average Bonchev–Trinajstić information content (AvgIpc) is 2.97. The molecular weight excluding hydrogens is 279 g/mol. The van der Waals surface area contributed by atoms with Crippen molar-refractivity contribution in [2.75, 3.05) is 0 Å². The van der Waals surface area contributed by atoms with Crippen molar-refractivity contribution in [1.82, 2.24) is 15.2 Å². The van der Waals surface area contributed by atoms with Gasteiger partial charge in [0.1, 0.15) is 5.82 Å².